The van der Waals surface area contributed by atoms with E-state index in [1.54, 1.807) is 6.07 Å². The monoisotopic (exact) mass is 468 g/mol. The van der Waals surface area contributed by atoms with E-state index in [0.29, 0.717) is 44.5 Å². The van der Waals surface area contributed by atoms with Crippen molar-refractivity contribution in [3.63, 3.8) is 0 Å². The number of halogens is 1. The molecule has 2 aromatic rings. The van der Waals surface area contributed by atoms with Gasteiger partial charge in [-0.3, -0.25) is 4.79 Å². The highest BCUT2D eigenvalue weighted by Crippen LogP contribution is 2.28. The Balaban J connectivity index is 1.20. The molecule has 4 rings (SSSR count). The summed E-state index contributed by atoms with van der Waals surface area (Å²) in [5.74, 6) is 0.0672. The first-order valence-electron chi connectivity index (χ1n) is 11.7. The molecule has 2 aliphatic rings. The van der Waals surface area contributed by atoms with Crippen LogP contribution in [0.15, 0.2) is 54.6 Å². The van der Waals surface area contributed by atoms with Crippen LogP contribution in [-0.2, 0) is 19.1 Å². The Labute approximate surface area is 198 Å². The summed E-state index contributed by atoms with van der Waals surface area (Å²) in [6.07, 6.45) is 4.64. The fraction of sp³-hybridized carbons (Fsp3) is 0.407. The first-order valence-corrected chi connectivity index (χ1v) is 11.7. The van der Waals surface area contributed by atoms with E-state index in [1.807, 2.05) is 30.3 Å². The van der Waals surface area contributed by atoms with Gasteiger partial charge in [0.15, 0.2) is 11.6 Å². The highest BCUT2D eigenvalue weighted by Gasteiger charge is 2.26. The summed E-state index contributed by atoms with van der Waals surface area (Å²) in [6.45, 7) is 4.55. The zero-order valence-corrected chi connectivity index (χ0v) is 19.1. The van der Waals surface area contributed by atoms with Crippen molar-refractivity contribution in [2.45, 2.75) is 57.2 Å². The van der Waals surface area contributed by atoms with Crippen molar-refractivity contribution < 1.29 is 32.9 Å². The van der Waals surface area contributed by atoms with Gasteiger partial charge < -0.3 is 18.9 Å². The van der Waals surface area contributed by atoms with Crippen LogP contribution in [0.2, 0.25) is 0 Å². The molecule has 0 aliphatic carbocycles. The molecule has 0 N–H and O–H groups in total. The molecule has 7 heteroatoms. The number of ether oxygens (including phenoxy) is 4. The quantitative estimate of drug-likeness (QED) is 0.250. The molecule has 2 atom stereocenters. The highest BCUT2D eigenvalue weighted by molar-refractivity contribution is 5.89. The maximum atomic E-state index is 14.5. The molecule has 0 aromatic heterocycles. The normalized spacial score (nSPS) is 19.7. The summed E-state index contributed by atoms with van der Waals surface area (Å²) in [6, 6.07) is 12.4. The van der Waals surface area contributed by atoms with Gasteiger partial charge in [-0.05, 0) is 67.5 Å². The summed E-state index contributed by atoms with van der Waals surface area (Å²) in [4.78, 5) is 22.5. The number of hydrogen-bond acceptors (Lipinski definition) is 6. The standard InChI is InChI=1S/C27H29FO6/c1-18-16-23(34-27(18)30)5-3-15-32-25-12-8-20(17-24(25)28)19-6-9-21(10-7-19)31-14-2-4-22-11-13-26(29)33-22/h6-10,12,17,22-23H,1-5,11,13-16H2. The van der Waals surface area contributed by atoms with Crippen LogP contribution < -0.4 is 9.47 Å². The molecular weight excluding hydrogens is 439 g/mol. The average molecular weight is 469 g/mol. The Bertz CT molecular complexity index is 1020. The molecule has 0 amide bonds. The van der Waals surface area contributed by atoms with E-state index in [2.05, 4.69) is 6.58 Å². The minimum Gasteiger partial charge on any atom is -0.494 e. The van der Waals surface area contributed by atoms with Crippen molar-refractivity contribution >= 4 is 11.9 Å². The Morgan fingerprint density at radius 3 is 2.26 bits per heavy atom. The van der Waals surface area contributed by atoms with Crippen LogP contribution in [0.25, 0.3) is 11.1 Å². The zero-order chi connectivity index (χ0) is 23.9. The summed E-state index contributed by atoms with van der Waals surface area (Å²) < 4.78 is 36.3. The van der Waals surface area contributed by atoms with Crippen LogP contribution in [0.3, 0.4) is 0 Å². The Kier molecular flexibility index (Phi) is 7.83. The Morgan fingerprint density at radius 1 is 0.912 bits per heavy atom. The van der Waals surface area contributed by atoms with E-state index < -0.39 is 5.82 Å². The number of hydrogen-bond donors (Lipinski definition) is 0. The van der Waals surface area contributed by atoms with Crippen LogP contribution in [0, 0.1) is 5.82 Å². The van der Waals surface area contributed by atoms with E-state index in [4.69, 9.17) is 18.9 Å². The molecule has 0 bridgehead atoms. The van der Waals surface area contributed by atoms with Crippen LogP contribution >= 0.6 is 0 Å². The number of rotatable bonds is 11. The first kappa shape index (κ1) is 23.8. The van der Waals surface area contributed by atoms with Gasteiger partial charge in [-0.25, -0.2) is 9.18 Å². The zero-order valence-electron chi connectivity index (χ0n) is 19.1. The summed E-state index contributed by atoms with van der Waals surface area (Å²) in [7, 11) is 0. The first-order chi connectivity index (χ1) is 16.5. The van der Waals surface area contributed by atoms with Crippen LogP contribution in [0.4, 0.5) is 4.39 Å². The minimum absolute atomic E-state index is 0.0211. The second kappa shape index (κ2) is 11.2. The van der Waals surface area contributed by atoms with E-state index in [1.165, 1.54) is 6.07 Å². The Hall–Kier alpha value is -3.35. The van der Waals surface area contributed by atoms with Gasteiger partial charge in [-0.2, -0.15) is 0 Å². The van der Waals surface area contributed by atoms with E-state index in [-0.39, 0.29) is 29.9 Å². The van der Waals surface area contributed by atoms with Crippen LogP contribution in [0.1, 0.15) is 44.9 Å². The van der Waals surface area contributed by atoms with Gasteiger partial charge in [0.25, 0.3) is 0 Å². The van der Waals surface area contributed by atoms with Gasteiger partial charge in [0.2, 0.25) is 0 Å². The lowest BCUT2D eigenvalue weighted by atomic mass is 10.1. The maximum absolute atomic E-state index is 14.5. The fourth-order valence-electron chi connectivity index (χ4n) is 4.12. The molecule has 2 saturated heterocycles. The second-order valence-electron chi connectivity index (χ2n) is 8.64. The van der Waals surface area contributed by atoms with Crippen molar-refractivity contribution in [1.29, 1.82) is 0 Å². The molecule has 2 unspecified atom stereocenters. The summed E-state index contributed by atoms with van der Waals surface area (Å²) in [5, 5.41) is 0. The number of cyclic esters (lactones) is 2. The lowest BCUT2D eigenvalue weighted by Gasteiger charge is -2.12. The molecule has 2 aromatic carbocycles. The van der Waals surface area contributed by atoms with Gasteiger partial charge >= 0.3 is 11.9 Å². The number of carbonyl (C=O) groups excluding carboxylic acids is 2. The Morgan fingerprint density at radius 2 is 1.62 bits per heavy atom. The smallest absolute Gasteiger partial charge is 0.333 e. The van der Waals surface area contributed by atoms with Crippen LogP contribution in [0.5, 0.6) is 11.5 Å². The van der Waals surface area contributed by atoms with Crippen molar-refractivity contribution in [3.8, 4) is 22.6 Å². The molecule has 0 spiro atoms. The summed E-state index contributed by atoms with van der Waals surface area (Å²) in [5.41, 5.74) is 2.12. The SMILES string of the molecule is C=C1CC(CCCOc2ccc(-c3ccc(OCCCC4CCC(=O)O4)cc3)cc2F)OC1=O. The lowest BCUT2D eigenvalue weighted by molar-refractivity contribution is -0.141. The van der Waals surface area contributed by atoms with Crippen molar-refractivity contribution in [2.75, 3.05) is 13.2 Å². The van der Waals surface area contributed by atoms with Gasteiger partial charge in [0, 0.05) is 18.4 Å². The lowest BCUT2D eigenvalue weighted by Crippen LogP contribution is -2.09. The van der Waals surface area contributed by atoms with Gasteiger partial charge in [0.05, 0.1) is 13.2 Å². The number of esters is 2. The molecule has 34 heavy (non-hydrogen) atoms. The topological polar surface area (TPSA) is 71.1 Å². The predicted molar refractivity (Wildman–Crippen MR) is 124 cm³/mol. The largest absolute Gasteiger partial charge is 0.494 e. The van der Waals surface area contributed by atoms with Gasteiger partial charge in [-0.15, -0.1) is 0 Å². The third-order valence-electron chi connectivity index (χ3n) is 5.99. The third kappa shape index (κ3) is 6.37. The van der Waals surface area contributed by atoms with Crippen LogP contribution in [-0.4, -0.2) is 37.4 Å². The maximum Gasteiger partial charge on any atom is 0.333 e. The minimum atomic E-state index is -0.425. The molecule has 0 saturated carbocycles. The van der Waals surface area contributed by atoms with Crippen molar-refractivity contribution in [3.05, 3.63) is 60.4 Å². The molecule has 6 nitrogen and oxygen atoms in total. The van der Waals surface area contributed by atoms with E-state index in [0.717, 1.165) is 36.1 Å². The summed E-state index contributed by atoms with van der Waals surface area (Å²) >= 11 is 0. The molecular formula is C27H29FO6. The number of carbonyl (C=O) groups is 2. The third-order valence-corrected chi connectivity index (χ3v) is 5.99. The molecule has 2 heterocycles. The average Bonchev–Trinajstić information content (AvgIpc) is 3.39. The van der Waals surface area contributed by atoms with Crippen molar-refractivity contribution in [2.24, 2.45) is 0 Å². The highest BCUT2D eigenvalue weighted by atomic mass is 19.1. The van der Waals surface area contributed by atoms with E-state index in [9.17, 15) is 14.0 Å². The number of benzene rings is 2. The molecule has 2 fully saturated rings. The molecule has 180 valence electrons. The van der Waals surface area contributed by atoms with Crippen molar-refractivity contribution in [1.82, 2.24) is 0 Å². The van der Waals surface area contributed by atoms with Gasteiger partial charge in [-0.1, -0.05) is 24.8 Å². The predicted octanol–water partition coefficient (Wildman–Crippen LogP) is 5.39. The molecule has 0 radical (unpaired) electrons. The second-order valence-corrected chi connectivity index (χ2v) is 8.64. The van der Waals surface area contributed by atoms with Gasteiger partial charge in [0.1, 0.15) is 18.0 Å². The molecule has 2 aliphatic heterocycles. The van der Waals surface area contributed by atoms with E-state index >= 15 is 0 Å². The fourth-order valence-corrected chi connectivity index (χ4v) is 4.12.